The van der Waals surface area contributed by atoms with Crippen LogP contribution >= 0.6 is 0 Å². The van der Waals surface area contributed by atoms with Crippen LogP contribution in [0.5, 0.6) is 0 Å². The first kappa shape index (κ1) is 18.9. The van der Waals surface area contributed by atoms with Gasteiger partial charge >= 0.3 is 11.9 Å². The van der Waals surface area contributed by atoms with Crippen LogP contribution in [0.4, 0.5) is 0 Å². The van der Waals surface area contributed by atoms with E-state index in [1.54, 1.807) is 13.8 Å². The molecule has 1 saturated heterocycles. The van der Waals surface area contributed by atoms with Crippen molar-refractivity contribution in [2.75, 3.05) is 6.54 Å². The third-order valence-corrected chi connectivity index (χ3v) is 3.78. The first-order valence-corrected chi connectivity index (χ1v) is 7.46. The third-order valence-electron chi connectivity index (χ3n) is 3.78. The second-order valence-electron chi connectivity index (χ2n) is 5.96. The summed E-state index contributed by atoms with van der Waals surface area (Å²) < 4.78 is 0. The number of carboxylic acids is 2. The average molecular weight is 329 g/mol. The van der Waals surface area contributed by atoms with Crippen LogP contribution in [0.1, 0.15) is 33.1 Å². The van der Waals surface area contributed by atoms with Gasteiger partial charge in [-0.1, -0.05) is 13.8 Å². The van der Waals surface area contributed by atoms with Gasteiger partial charge in [-0.3, -0.25) is 14.4 Å². The van der Waals surface area contributed by atoms with Gasteiger partial charge in [-0.25, -0.2) is 4.79 Å². The molecule has 9 heteroatoms. The zero-order valence-electron chi connectivity index (χ0n) is 13.2. The van der Waals surface area contributed by atoms with E-state index in [0.29, 0.717) is 19.4 Å². The predicted octanol–water partition coefficient (Wildman–Crippen LogP) is -0.995. The summed E-state index contributed by atoms with van der Waals surface area (Å²) in [7, 11) is 0. The summed E-state index contributed by atoms with van der Waals surface area (Å²) >= 11 is 0. The number of nitrogens with zero attached hydrogens (tertiary/aromatic N) is 1. The smallest absolute Gasteiger partial charge is 0.326 e. The van der Waals surface area contributed by atoms with Gasteiger partial charge in [0.25, 0.3) is 0 Å². The van der Waals surface area contributed by atoms with Crippen LogP contribution in [0.15, 0.2) is 0 Å². The highest BCUT2D eigenvalue weighted by Gasteiger charge is 2.38. The Morgan fingerprint density at radius 1 is 1.26 bits per heavy atom. The number of likely N-dealkylation sites (tertiary alicyclic amines) is 1. The van der Waals surface area contributed by atoms with Crippen molar-refractivity contribution < 1.29 is 29.4 Å². The van der Waals surface area contributed by atoms with Crippen LogP contribution < -0.4 is 11.1 Å². The van der Waals surface area contributed by atoms with Gasteiger partial charge in [-0.15, -0.1) is 0 Å². The first-order valence-electron chi connectivity index (χ1n) is 7.46. The molecule has 0 aromatic rings. The van der Waals surface area contributed by atoms with Crippen LogP contribution in [-0.2, 0) is 19.2 Å². The summed E-state index contributed by atoms with van der Waals surface area (Å²) in [4.78, 5) is 47.5. The van der Waals surface area contributed by atoms with Gasteiger partial charge in [0.05, 0.1) is 12.5 Å². The van der Waals surface area contributed by atoms with Crippen molar-refractivity contribution >= 4 is 23.8 Å². The zero-order valence-corrected chi connectivity index (χ0v) is 13.2. The molecule has 1 aliphatic heterocycles. The molecule has 0 aliphatic carbocycles. The minimum absolute atomic E-state index is 0.295. The molecule has 0 aromatic carbocycles. The van der Waals surface area contributed by atoms with E-state index in [1.165, 1.54) is 4.90 Å². The van der Waals surface area contributed by atoms with Crippen LogP contribution in [0, 0.1) is 5.92 Å². The minimum atomic E-state index is -1.22. The molecule has 0 radical (unpaired) electrons. The topological polar surface area (TPSA) is 150 Å². The molecule has 1 fully saturated rings. The number of hydrogen-bond donors (Lipinski definition) is 4. The summed E-state index contributed by atoms with van der Waals surface area (Å²) in [5.41, 5.74) is 5.56. The van der Waals surface area contributed by atoms with E-state index in [0.717, 1.165) is 0 Å². The maximum Gasteiger partial charge on any atom is 0.326 e. The Morgan fingerprint density at radius 3 is 2.35 bits per heavy atom. The fraction of sp³-hybridized carbons (Fsp3) is 0.714. The number of amides is 2. The number of rotatable bonds is 7. The average Bonchev–Trinajstić information content (AvgIpc) is 2.91. The number of aliphatic carboxylic acids is 2. The molecule has 3 atom stereocenters. The molecule has 1 rings (SSSR count). The molecule has 0 saturated carbocycles. The quantitative estimate of drug-likeness (QED) is 0.468. The summed E-state index contributed by atoms with van der Waals surface area (Å²) in [5.74, 6) is -3.82. The fourth-order valence-electron chi connectivity index (χ4n) is 2.55. The van der Waals surface area contributed by atoms with E-state index in [-0.39, 0.29) is 5.92 Å². The summed E-state index contributed by atoms with van der Waals surface area (Å²) in [5, 5.41) is 20.2. The molecular formula is C14H23N3O6. The Hall–Kier alpha value is -2.16. The van der Waals surface area contributed by atoms with E-state index in [1.807, 2.05) is 0 Å². The molecule has 23 heavy (non-hydrogen) atoms. The van der Waals surface area contributed by atoms with E-state index >= 15 is 0 Å². The highest BCUT2D eigenvalue weighted by Crippen LogP contribution is 2.19. The third kappa shape index (κ3) is 4.92. The molecule has 130 valence electrons. The lowest BCUT2D eigenvalue weighted by molar-refractivity contribution is -0.146. The molecule has 5 N–H and O–H groups in total. The van der Waals surface area contributed by atoms with Crippen LogP contribution in [0.25, 0.3) is 0 Å². The highest BCUT2D eigenvalue weighted by atomic mass is 16.4. The standard InChI is InChI=1S/C14H23N3O6/c1-7(2)11(14(22)23)16-12(20)9-4-3-5-17(9)13(21)8(15)6-10(18)19/h7-9,11H,3-6,15H2,1-2H3,(H,16,20)(H,18,19)(H,22,23)/t8-,9-,11-/m0/s1. The number of nitrogens with one attached hydrogen (secondary N) is 1. The van der Waals surface area contributed by atoms with Gasteiger partial charge in [0.1, 0.15) is 12.1 Å². The molecule has 1 heterocycles. The van der Waals surface area contributed by atoms with E-state index in [2.05, 4.69) is 5.32 Å². The van der Waals surface area contributed by atoms with Crippen molar-refractivity contribution in [1.29, 1.82) is 0 Å². The number of nitrogens with two attached hydrogens (primary N) is 1. The number of hydrogen-bond acceptors (Lipinski definition) is 5. The van der Waals surface area contributed by atoms with E-state index in [4.69, 9.17) is 15.9 Å². The lowest BCUT2D eigenvalue weighted by atomic mass is 10.0. The molecule has 0 bridgehead atoms. The van der Waals surface area contributed by atoms with E-state index < -0.39 is 48.3 Å². The largest absolute Gasteiger partial charge is 0.481 e. The van der Waals surface area contributed by atoms with Crippen molar-refractivity contribution in [2.24, 2.45) is 11.7 Å². The molecule has 2 amide bonds. The maximum atomic E-state index is 12.3. The monoisotopic (exact) mass is 329 g/mol. The lowest BCUT2D eigenvalue weighted by Crippen LogP contribution is -2.55. The van der Waals surface area contributed by atoms with Crippen molar-refractivity contribution in [1.82, 2.24) is 10.2 Å². The molecule has 1 aliphatic rings. The van der Waals surface area contributed by atoms with Gasteiger partial charge in [0.15, 0.2) is 0 Å². The second kappa shape index (κ2) is 7.91. The van der Waals surface area contributed by atoms with Crippen molar-refractivity contribution in [2.45, 2.75) is 51.2 Å². The first-order chi connectivity index (χ1) is 10.6. The number of carbonyl (C=O) groups excluding carboxylic acids is 2. The summed E-state index contributed by atoms with van der Waals surface area (Å²) in [6.07, 6.45) is 0.443. The molecule has 0 spiro atoms. The Bertz CT molecular complexity index is 493. The van der Waals surface area contributed by atoms with Crippen LogP contribution in [0.3, 0.4) is 0 Å². The van der Waals surface area contributed by atoms with Gasteiger partial charge in [0, 0.05) is 6.54 Å². The Morgan fingerprint density at radius 2 is 1.87 bits per heavy atom. The van der Waals surface area contributed by atoms with Crippen LogP contribution in [-0.4, -0.2) is 63.5 Å². The number of carboxylic acid groups (broad SMARTS) is 2. The molecular weight excluding hydrogens is 306 g/mol. The van der Waals surface area contributed by atoms with Gasteiger partial charge in [-0.05, 0) is 18.8 Å². The zero-order chi connectivity index (χ0) is 17.7. The SMILES string of the molecule is CC(C)[C@H](NC(=O)[C@@H]1CCCN1C(=O)[C@@H](N)CC(=O)O)C(=O)O. The van der Waals surface area contributed by atoms with Crippen molar-refractivity contribution in [3.05, 3.63) is 0 Å². The summed E-state index contributed by atoms with van der Waals surface area (Å²) in [6.45, 7) is 3.63. The highest BCUT2D eigenvalue weighted by molar-refractivity contribution is 5.93. The maximum absolute atomic E-state index is 12.3. The van der Waals surface area contributed by atoms with Crippen LogP contribution in [0.2, 0.25) is 0 Å². The Kier molecular flexibility index (Phi) is 6.49. The van der Waals surface area contributed by atoms with E-state index in [9.17, 15) is 19.2 Å². The molecule has 9 nitrogen and oxygen atoms in total. The minimum Gasteiger partial charge on any atom is -0.481 e. The lowest BCUT2D eigenvalue weighted by Gasteiger charge is -2.28. The van der Waals surface area contributed by atoms with Crippen molar-refractivity contribution in [3.63, 3.8) is 0 Å². The second-order valence-corrected chi connectivity index (χ2v) is 5.96. The number of carbonyl (C=O) groups is 4. The Labute approximate surface area is 133 Å². The van der Waals surface area contributed by atoms with Crippen molar-refractivity contribution in [3.8, 4) is 0 Å². The molecule has 0 unspecified atom stereocenters. The molecule has 0 aromatic heterocycles. The normalized spacial score (nSPS) is 20.2. The fourth-order valence-corrected chi connectivity index (χ4v) is 2.55. The summed E-state index contributed by atoms with van der Waals surface area (Å²) in [6, 6.07) is -3.09. The van der Waals surface area contributed by atoms with Gasteiger partial charge in [-0.2, -0.15) is 0 Å². The Balaban J connectivity index is 2.77. The predicted molar refractivity (Wildman–Crippen MR) is 79.4 cm³/mol. The van der Waals surface area contributed by atoms with Gasteiger partial charge < -0.3 is 26.2 Å². The van der Waals surface area contributed by atoms with Gasteiger partial charge in [0.2, 0.25) is 11.8 Å².